The van der Waals surface area contributed by atoms with Crippen LogP contribution in [0.5, 0.6) is 0 Å². The van der Waals surface area contributed by atoms with E-state index in [1.54, 1.807) is 12.4 Å². The van der Waals surface area contributed by atoms with E-state index in [-0.39, 0.29) is 0 Å². The predicted molar refractivity (Wildman–Crippen MR) is 81.5 cm³/mol. The van der Waals surface area contributed by atoms with Crippen molar-refractivity contribution in [2.24, 2.45) is 4.99 Å². The molecule has 1 aromatic carbocycles. The molecule has 0 radical (unpaired) electrons. The predicted octanol–water partition coefficient (Wildman–Crippen LogP) is 3.68. The van der Waals surface area contributed by atoms with Gasteiger partial charge >= 0.3 is 0 Å². The zero-order chi connectivity index (χ0) is 13.5. The molecule has 0 spiro atoms. The van der Waals surface area contributed by atoms with Crippen molar-refractivity contribution >= 4 is 17.6 Å². The van der Waals surface area contributed by atoms with Gasteiger partial charge in [0.05, 0.1) is 17.6 Å². The number of rotatable bonds is 5. The second-order valence-electron chi connectivity index (χ2n) is 4.20. The Balaban J connectivity index is 2.09. The van der Waals surface area contributed by atoms with E-state index in [4.69, 9.17) is 0 Å². The summed E-state index contributed by atoms with van der Waals surface area (Å²) in [7, 11) is 0. The van der Waals surface area contributed by atoms with Crippen molar-refractivity contribution in [3.8, 4) is 0 Å². The third-order valence-corrected chi connectivity index (χ3v) is 3.01. The van der Waals surface area contributed by atoms with Crippen LogP contribution in [0.4, 0.5) is 11.4 Å². The fourth-order valence-electron chi connectivity index (χ4n) is 1.93. The highest BCUT2D eigenvalue weighted by molar-refractivity contribution is 5.79. The molecule has 1 aromatic heterocycles. The number of aliphatic imine (C=N–C) groups is 1. The minimum absolute atomic E-state index is 0.871. The van der Waals surface area contributed by atoms with Crippen molar-refractivity contribution in [1.82, 2.24) is 4.98 Å². The molecular weight excluding hydrogens is 234 g/mol. The van der Waals surface area contributed by atoms with E-state index in [1.807, 2.05) is 30.3 Å². The number of anilines is 1. The summed E-state index contributed by atoms with van der Waals surface area (Å²) in [4.78, 5) is 10.9. The Kier molecular flexibility index (Phi) is 4.67. The summed E-state index contributed by atoms with van der Waals surface area (Å²) in [6, 6.07) is 14.1. The van der Waals surface area contributed by atoms with E-state index in [0.717, 1.165) is 24.5 Å². The minimum Gasteiger partial charge on any atom is -0.372 e. The highest BCUT2D eigenvalue weighted by atomic mass is 15.1. The summed E-state index contributed by atoms with van der Waals surface area (Å²) in [5, 5.41) is 0. The minimum atomic E-state index is 0.871. The molecule has 0 N–H and O–H groups in total. The van der Waals surface area contributed by atoms with Crippen molar-refractivity contribution in [2.45, 2.75) is 13.8 Å². The lowest BCUT2D eigenvalue weighted by molar-refractivity contribution is 0.866. The van der Waals surface area contributed by atoms with E-state index in [0.29, 0.717) is 0 Å². The summed E-state index contributed by atoms with van der Waals surface area (Å²) < 4.78 is 0. The maximum Gasteiger partial charge on any atom is 0.0812 e. The Morgan fingerprint density at radius 3 is 2.37 bits per heavy atom. The monoisotopic (exact) mass is 253 g/mol. The number of pyridine rings is 1. The number of benzene rings is 1. The molecule has 19 heavy (non-hydrogen) atoms. The van der Waals surface area contributed by atoms with Crippen LogP contribution in [0.1, 0.15) is 19.5 Å². The topological polar surface area (TPSA) is 28.5 Å². The second kappa shape index (κ2) is 6.69. The average Bonchev–Trinajstić information content (AvgIpc) is 2.49. The van der Waals surface area contributed by atoms with Crippen LogP contribution >= 0.6 is 0 Å². The molecule has 0 atom stereocenters. The van der Waals surface area contributed by atoms with Crippen LogP contribution in [0.3, 0.4) is 0 Å². The van der Waals surface area contributed by atoms with Gasteiger partial charge in [0.2, 0.25) is 0 Å². The number of nitrogens with zero attached hydrogens (tertiary/aromatic N) is 3. The number of aromatic nitrogens is 1. The molecule has 98 valence electrons. The molecular formula is C16H19N3. The van der Waals surface area contributed by atoms with Gasteiger partial charge in [-0.1, -0.05) is 6.07 Å². The quantitative estimate of drug-likeness (QED) is 0.760. The number of hydrogen-bond donors (Lipinski definition) is 0. The average molecular weight is 253 g/mol. The SMILES string of the molecule is CCN(CC)c1ccc(N=Cc2ccccn2)cc1. The number of hydrogen-bond acceptors (Lipinski definition) is 3. The van der Waals surface area contributed by atoms with E-state index in [1.165, 1.54) is 5.69 Å². The van der Waals surface area contributed by atoms with Crippen molar-refractivity contribution in [2.75, 3.05) is 18.0 Å². The fraction of sp³-hybridized carbons (Fsp3) is 0.250. The van der Waals surface area contributed by atoms with Gasteiger partial charge < -0.3 is 4.90 Å². The lowest BCUT2D eigenvalue weighted by Crippen LogP contribution is -2.21. The molecule has 0 aliphatic rings. The Morgan fingerprint density at radius 2 is 1.79 bits per heavy atom. The van der Waals surface area contributed by atoms with Gasteiger partial charge in [-0.15, -0.1) is 0 Å². The first-order valence-electron chi connectivity index (χ1n) is 6.63. The first kappa shape index (κ1) is 13.3. The largest absolute Gasteiger partial charge is 0.372 e. The maximum absolute atomic E-state index is 4.42. The molecule has 2 rings (SSSR count). The standard InChI is InChI=1S/C16H19N3/c1-3-19(4-2)16-10-8-14(9-11-16)18-13-15-7-5-6-12-17-15/h5-13H,3-4H2,1-2H3. The smallest absolute Gasteiger partial charge is 0.0812 e. The van der Waals surface area contributed by atoms with E-state index in [2.05, 4.69) is 40.9 Å². The molecule has 0 saturated heterocycles. The van der Waals surface area contributed by atoms with Crippen LogP contribution in [-0.2, 0) is 0 Å². The summed E-state index contributed by atoms with van der Waals surface area (Å²) >= 11 is 0. The molecule has 0 amide bonds. The van der Waals surface area contributed by atoms with Gasteiger partial charge in [-0.05, 0) is 50.2 Å². The summed E-state index contributed by atoms with van der Waals surface area (Å²) in [5.41, 5.74) is 3.05. The summed E-state index contributed by atoms with van der Waals surface area (Å²) in [6.07, 6.45) is 3.55. The Bertz CT molecular complexity index is 513. The van der Waals surface area contributed by atoms with Crippen LogP contribution in [0, 0.1) is 0 Å². The molecule has 0 aliphatic heterocycles. The van der Waals surface area contributed by atoms with Gasteiger partial charge in [-0.25, -0.2) is 0 Å². The van der Waals surface area contributed by atoms with Crippen LogP contribution in [0.25, 0.3) is 0 Å². The molecule has 0 unspecified atom stereocenters. The van der Waals surface area contributed by atoms with E-state index in [9.17, 15) is 0 Å². The van der Waals surface area contributed by atoms with Crippen LogP contribution in [0.15, 0.2) is 53.7 Å². The maximum atomic E-state index is 4.42. The Hall–Kier alpha value is -2.16. The molecule has 0 bridgehead atoms. The molecule has 0 aliphatic carbocycles. The van der Waals surface area contributed by atoms with Crippen LogP contribution < -0.4 is 4.90 Å². The molecule has 0 fully saturated rings. The van der Waals surface area contributed by atoms with Gasteiger partial charge in [0, 0.05) is 25.0 Å². The van der Waals surface area contributed by atoms with E-state index < -0.39 is 0 Å². The highest BCUT2D eigenvalue weighted by Gasteiger charge is 2.00. The first-order valence-corrected chi connectivity index (χ1v) is 6.63. The lowest BCUT2D eigenvalue weighted by atomic mass is 10.2. The van der Waals surface area contributed by atoms with Crippen molar-refractivity contribution in [3.63, 3.8) is 0 Å². The molecule has 3 nitrogen and oxygen atoms in total. The highest BCUT2D eigenvalue weighted by Crippen LogP contribution is 2.19. The fourth-order valence-corrected chi connectivity index (χ4v) is 1.93. The van der Waals surface area contributed by atoms with Gasteiger partial charge in [0.15, 0.2) is 0 Å². The van der Waals surface area contributed by atoms with Gasteiger partial charge in [0.25, 0.3) is 0 Å². The van der Waals surface area contributed by atoms with Crippen LogP contribution in [0.2, 0.25) is 0 Å². The summed E-state index contributed by atoms with van der Waals surface area (Å²) in [6.45, 7) is 6.37. The summed E-state index contributed by atoms with van der Waals surface area (Å²) in [5.74, 6) is 0. The zero-order valence-corrected chi connectivity index (χ0v) is 11.5. The van der Waals surface area contributed by atoms with Gasteiger partial charge in [-0.2, -0.15) is 0 Å². The zero-order valence-electron chi connectivity index (χ0n) is 11.5. The normalized spacial score (nSPS) is 10.8. The molecule has 0 saturated carbocycles. The van der Waals surface area contributed by atoms with Crippen molar-refractivity contribution in [3.05, 3.63) is 54.4 Å². The Morgan fingerprint density at radius 1 is 1.05 bits per heavy atom. The van der Waals surface area contributed by atoms with Crippen molar-refractivity contribution < 1.29 is 0 Å². The lowest BCUT2D eigenvalue weighted by Gasteiger charge is -2.20. The van der Waals surface area contributed by atoms with Crippen LogP contribution in [-0.4, -0.2) is 24.3 Å². The third kappa shape index (κ3) is 3.65. The van der Waals surface area contributed by atoms with Crippen molar-refractivity contribution in [1.29, 1.82) is 0 Å². The molecule has 2 aromatic rings. The second-order valence-corrected chi connectivity index (χ2v) is 4.20. The Labute approximate surface area is 114 Å². The molecule has 3 heteroatoms. The first-order chi connectivity index (χ1) is 9.33. The van der Waals surface area contributed by atoms with Gasteiger partial charge in [-0.3, -0.25) is 9.98 Å². The van der Waals surface area contributed by atoms with E-state index >= 15 is 0 Å². The molecule has 1 heterocycles. The third-order valence-electron chi connectivity index (χ3n) is 3.01. The van der Waals surface area contributed by atoms with Gasteiger partial charge in [0.1, 0.15) is 0 Å².